The lowest BCUT2D eigenvalue weighted by Crippen LogP contribution is -2.29. The minimum absolute atomic E-state index is 0.665. The lowest BCUT2D eigenvalue weighted by atomic mass is 9.90. The van der Waals surface area contributed by atoms with E-state index in [4.69, 9.17) is 9.05 Å². The van der Waals surface area contributed by atoms with Crippen molar-refractivity contribution in [1.29, 1.82) is 0 Å². The van der Waals surface area contributed by atoms with Gasteiger partial charge < -0.3 is 4.89 Å². The Bertz CT molecular complexity index is 861. The summed E-state index contributed by atoms with van der Waals surface area (Å²) in [7, 11) is -4.41. The van der Waals surface area contributed by atoms with Crippen LogP contribution in [-0.4, -0.2) is 4.89 Å². The first kappa shape index (κ1) is 33.8. The fraction of sp³-hybridized carbons (Fsp3) is 0.647. The van der Waals surface area contributed by atoms with E-state index in [1.165, 1.54) is 64.2 Å². The maximum atomic E-state index is 13.7. The molecule has 2 unspecified atom stereocenters. The van der Waals surface area contributed by atoms with E-state index in [9.17, 15) is 9.46 Å². The first-order chi connectivity index (χ1) is 18.7. The number of hydrogen-bond acceptors (Lipinski definition) is 3. The summed E-state index contributed by atoms with van der Waals surface area (Å²) >= 11 is 0. The molecule has 2 rings (SSSR count). The molecule has 0 aliphatic rings. The van der Waals surface area contributed by atoms with Crippen molar-refractivity contribution in [3.8, 4) is 0 Å². The van der Waals surface area contributed by atoms with Gasteiger partial charge in [-0.2, -0.15) is 0 Å². The summed E-state index contributed by atoms with van der Waals surface area (Å²) in [6, 6.07) is 19.7. The highest BCUT2D eigenvalue weighted by Crippen LogP contribution is 2.56. The van der Waals surface area contributed by atoms with E-state index in [0.29, 0.717) is 12.8 Å². The number of phosphoric acid groups is 1. The molecule has 4 nitrogen and oxygen atoms in total. The second-order valence-electron chi connectivity index (χ2n) is 11.6. The van der Waals surface area contributed by atoms with Crippen molar-refractivity contribution in [2.75, 3.05) is 0 Å². The Hall–Kier alpha value is -1.45. The molecule has 0 aliphatic carbocycles. The van der Waals surface area contributed by atoms with Crippen molar-refractivity contribution in [3.05, 3.63) is 71.8 Å². The minimum Gasteiger partial charge on any atom is -0.302 e. The Morgan fingerprint density at radius 3 is 1.21 bits per heavy atom. The molecule has 0 amide bonds. The summed E-state index contributed by atoms with van der Waals surface area (Å²) in [6.45, 7) is 8.33. The molecule has 0 aromatic heterocycles. The molecular weight excluding hydrogens is 503 g/mol. The van der Waals surface area contributed by atoms with E-state index in [2.05, 4.69) is 13.8 Å². The van der Waals surface area contributed by atoms with Crippen LogP contribution in [0.15, 0.2) is 60.7 Å². The summed E-state index contributed by atoms with van der Waals surface area (Å²) in [5.41, 5.74) is -0.0119. The third-order valence-corrected chi connectivity index (χ3v) is 9.18. The van der Waals surface area contributed by atoms with Crippen molar-refractivity contribution < 1.29 is 18.5 Å². The largest absolute Gasteiger partial charge is 0.473 e. The van der Waals surface area contributed by atoms with Gasteiger partial charge in [0.15, 0.2) is 0 Å². The number of phosphoric ester groups is 1. The zero-order chi connectivity index (χ0) is 28.5. The highest BCUT2D eigenvalue weighted by molar-refractivity contribution is 7.47. The van der Waals surface area contributed by atoms with E-state index < -0.39 is 19.0 Å². The molecule has 5 heteroatoms. The average Bonchev–Trinajstić information content (AvgIpc) is 2.92. The number of unbranched alkanes of at least 4 members (excludes halogenated alkanes) is 12. The fourth-order valence-electron chi connectivity index (χ4n) is 5.43. The molecule has 0 fully saturated rings. The lowest BCUT2D eigenvalue weighted by molar-refractivity contribution is -0.0241. The lowest BCUT2D eigenvalue weighted by Gasteiger charge is -2.36. The minimum atomic E-state index is -4.41. The third-order valence-electron chi connectivity index (χ3n) is 7.92. The van der Waals surface area contributed by atoms with Crippen LogP contribution in [0.4, 0.5) is 0 Å². The molecule has 0 saturated carbocycles. The summed E-state index contributed by atoms with van der Waals surface area (Å²) in [6.07, 6.45) is 17.8. The Balaban J connectivity index is 2.11. The molecule has 2 aromatic carbocycles. The van der Waals surface area contributed by atoms with Crippen LogP contribution < -0.4 is 0 Å². The standard InChI is InChI=1S/C34H55O4P/c1-5-7-9-11-13-15-23-29-33(3,31-25-19-17-20-26-31)37-39(35,36)38-34(4,32-27-21-18-22-28-32)30-24-16-14-12-10-8-6-2/h17-22,25-28H,5-16,23-24,29-30H2,1-4H3,(H,35,36). The van der Waals surface area contributed by atoms with Gasteiger partial charge in [0.05, 0.1) is 0 Å². The number of rotatable bonds is 22. The van der Waals surface area contributed by atoms with Crippen LogP contribution in [-0.2, 0) is 24.8 Å². The van der Waals surface area contributed by atoms with Gasteiger partial charge in [-0.25, -0.2) is 4.57 Å². The van der Waals surface area contributed by atoms with Crippen LogP contribution in [0.1, 0.15) is 142 Å². The van der Waals surface area contributed by atoms with Crippen molar-refractivity contribution in [3.63, 3.8) is 0 Å². The molecule has 2 aromatic rings. The zero-order valence-electron chi connectivity index (χ0n) is 25.2. The van der Waals surface area contributed by atoms with Crippen LogP contribution in [0.5, 0.6) is 0 Å². The monoisotopic (exact) mass is 558 g/mol. The van der Waals surface area contributed by atoms with E-state index >= 15 is 0 Å². The number of hydrogen-bond donors (Lipinski definition) is 1. The van der Waals surface area contributed by atoms with Crippen molar-refractivity contribution in [1.82, 2.24) is 0 Å². The van der Waals surface area contributed by atoms with Crippen LogP contribution in [0.25, 0.3) is 0 Å². The van der Waals surface area contributed by atoms with Gasteiger partial charge in [0.25, 0.3) is 0 Å². The molecule has 39 heavy (non-hydrogen) atoms. The first-order valence-electron chi connectivity index (χ1n) is 15.6. The highest BCUT2D eigenvalue weighted by atomic mass is 31.2. The molecular formula is C34H55O4P. The normalized spacial score (nSPS) is 16.3. The summed E-state index contributed by atoms with van der Waals surface area (Å²) in [5, 5.41) is 0. The van der Waals surface area contributed by atoms with Gasteiger partial charge in [0, 0.05) is 0 Å². The van der Waals surface area contributed by atoms with Crippen LogP contribution in [0, 0.1) is 0 Å². The maximum Gasteiger partial charge on any atom is 0.473 e. The molecule has 0 bridgehead atoms. The van der Waals surface area contributed by atoms with Gasteiger partial charge in [0.2, 0.25) is 0 Å². The van der Waals surface area contributed by atoms with Gasteiger partial charge in [-0.15, -0.1) is 0 Å². The highest BCUT2D eigenvalue weighted by Gasteiger charge is 2.42. The molecule has 2 atom stereocenters. The fourth-order valence-corrected chi connectivity index (χ4v) is 6.88. The SMILES string of the molecule is CCCCCCCCCC(C)(OP(=O)(O)OC(C)(CCCCCCCCC)c1ccccc1)c1ccccc1. The third kappa shape index (κ3) is 12.7. The first-order valence-corrected chi connectivity index (χ1v) is 17.1. The van der Waals surface area contributed by atoms with Crippen molar-refractivity contribution in [2.24, 2.45) is 0 Å². The van der Waals surface area contributed by atoms with Crippen LogP contribution in [0.3, 0.4) is 0 Å². The van der Waals surface area contributed by atoms with E-state index in [1.807, 2.05) is 74.5 Å². The molecule has 0 aliphatic heterocycles. The Labute approximate surface area is 239 Å². The maximum absolute atomic E-state index is 13.7. The summed E-state index contributed by atoms with van der Waals surface area (Å²) < 4.78 is 26.0. The molecule has 220 valence electrons. The van der Waals surface area contributed by atoms with E-state index in [-0.39, 0.29) is 0 Å². The summed E-state index contributed by atoms with van der Waals surface area (Å²) in [4.78, 5) is 11.2. The van der Waals surface area contributed by atoms with Crippen molar-refractivity contribution >= 4 is 7.82 Å². The zero-order valence-corrected chi connectivity index (χ0v) is 26.1. The van der Waals surface area contributed by atoms with E-state index in [1.54, 1.807) is 0 Å². The van der Waals surface area contributed by atoms with Gasteiger partial charge in [-0.1, -0.05) is 164 Å². The Morgan fingerprint density at radius 2 is 0.872 bits per heavy atom. The second-order valence-corrected chi connectivity index (χ2v) is 12.9. The smallest absolute Gasteiger partial charge is 0.302 e. The van der Waals surface area contributed by atoms with Crippen LogP contribution >= 0.6 is 7.82 Å². The van der Waals surface area contributed by atoms with Gasteiger partial charge in [0.1, 0.15) is 11.2 Å². The van der Waals surface area contributed by atoms with Gasteiger partial charge in [-0.05, 0) is 37.8 Å². The number of benzene rings is 2. The molecule has 0 heterocycles. The topological polar surface area (TPSA) is 55.8 Å². The molecule has 0 saturated heterocycles. The van der Waals surface area contributed by atoms with E-state index in [0.717, 1.165) is 36.8 Å². The van der Waals surface area contributed by atoms with Gasteiger partial charge >= 0.3 is 7.82 Å². The molecule has 1 N–H and O–H groups in total. The predicted octanol–water partition coefficient (Wildman–Crippen LogP) is 11.2. The van der Waals surface area contributed by atoms with Crippen LogP contribution in [0.2, 0.25) is 0 Å². The van der Waals surface area contributed by atoms with Crippen molar-refractivity contribution in [2.45, 2.75) is 142 Å². The second kappa shape index (κ2) is 18.1. The predicted molar refractivity (Wildman–Crippen MR) is 165 cm³/mol. The summed E-state index contributed by atoms with van der Waals surface area (Å²) in [5.74, 6) is 0. The molecule has 0 spiro atoms. The Kier molecular flexibility index (Phi) is 15.6. The molecule has 0 radical (unpaired) electrons. The quantitative estimate of drug-likeness (QED) is 0.115. The average molecular weight is 559 g/mol. The van der Waals surface area contributed by atoms with Gasteiger partial charge in [-0.3, -0.25) is 9.05 Å². The Morgan fingerprint density at radius 1 is 0.564 bits per heavy atom.